The van der Waals surface area contributed by atoms with Gasteiger partial charge in [-0.25, -0.2) is 8.42 Å². The first-order chi connectivity index (χ1) is 11.3. The molecule has 0 saturated heterocycles. The van der Waals surface area contributed by atoms with Gasteiger partial charge < -0.3 is 5.32 Å². The van der Waals surface area contributed by atoms with E-state index in [1.54, 1.807) is 30.3 Å². The maximum absolute atomic E-state index is 12.4. The molecule has 1 atom stereocenters. The highest BCUT2D eigenvalue weighted by Crippen LogP contribution is 2.16. The Labute approximate surface area is 145 Å². The second kappa shape index (κ2) is 9.59. The van der Waals surface area contributed by atoms with Crippen LogP contribution in [0.2, 0.25) is 0 Å². The van der Waals surface area contributed by atoms with E-state index in [0.717, 1.165) is 18.4 Å². The number of carbonyl (C=O) groups is 1. The first-order valence-corrected chi connectivity index (χ1v) is 9.87. The van der Waals surface area contributed by atoms with Crippen LogP contribution in [0.1, 0.15) is 46.1 Å². The lowest BCUT2D eigenvalue weighted by molar-refractivity contribution is -0.117. The van der Waals surface area contributed by atoms with Gasteiger partial charge in [-0.05, 0) is 37.1 Å². The minimum absolute atomic E-state index is 0.143. The molecule has 24 heavy (non-hydrogen) atoms. The zero-order valence-electron chi connectivity index (χ0n) is 15.0. The number of benzene rings is 1. The molecule has 0 heterocycles. The molecule has 1 amide bonds. The molecule has 5 nitrogen and oxygen atoms in total. The first kappa shape index (κ1) is 20.4. The van der Waals surface area contributed by atoms with Crippen molar-refractivity contribution in [3.05, 3.63) is 35.9 Å². The molecule has 0 saturated carbocycles. The minimum atomic E-state index is -3.44. The van der Waals surface area contributed by atoms with Crippen LogP contribution in [0.3, 0.4) is 0 Å². The van der Waals surface area contributed by atoms with E-state index in [1.807, 2.05) is 20.8 Å². The van der Waals surface area contributed by atoms with Crippen LogP contribution in [0.4, 0.5) is 0 Å². The van der Waals surface area contributed by atoms with Gasteiger partial charge in [0.15, 0.2) is 0 Å². The summed E-state index contributed by atoms with van der Waals surface area (Å²) in [6.45, 7) is 8.56. The molecule has 0 aliphatic rings. The highest BCUT2D eigenvalue weighted by Gasteiger charge is 2.20. The zero-order valence-corrected chi connectivity index (χ0v) is 15.8. The third kappa shape index (κ3) is 5.76. The number of rotatable bonds is 9. The summed E-state index contributed by atoms with van der Waals surface area (Å²) < 4.78 is 26.2. The van der Waals surface area contributed by atoms with Crippen LogP contribution in [0.15, 0.2) is 35.2 Å². The van der Waals surface area contributed by atoms with Gasteiger partial charge in [-0.15, -0.1) is 0 Å². The first-order valence-electron chi connectivity index (χ1n) is 8.43. The number of hydrogen-bond acceptors (Lipinski definition) is 3. The summed E-state index contributed by atoms with van der Waals surface area (Å²) >= 11 is 0. The Morgan fingerprint density at radius 2 is 1.75 bits per heavy atom. The molecule has 1 rings (SSSR count). The van der Waals surface area contributed by atoms with Crippen molar-refractivity contribution >= 4 is 22.0 Å². The summed E-state index contributed by atoms with van der Waals surface area (Å²) in [5.41, 5.74) is 0.784. The summed E-state index contributed by atoms with van der Waals surface area (Å²) in [4.78, 5) is 12.1. The molecular weight excluding hydrogens is 324 g/mol. The summed E-state index contributed by atoms with van der Waals surface area (Å²) in [6.07, 6.45) is 5.12. The van der Waals surface area contributed by atoms with E-state index in [2.05, 4.69) is 12.2 Å². The van der Waals surface area contributed by atoms with Crippen molar-refractivity contribution in [2.24, 2.45) is 0 Å². The number of carbonyl (C=O) groups excluding carboxylic acids is 1. The van der Waals surface area contributed by atoms with Crippen LogP contribution >= 0.6 is 0 Å². The van der Waals surface area contributed by atoms with Crippen molar-refractivity contribution < 1.29 is 13.2 Å². The SMILES string of the molecule is CCC[C@H](C)NC(=O)/C=C/c1ccc(S(=O)(=O)N(CC)CC)cc1. The normalized spacial score (nSPS) is 13.4. The molecule has 134 valence electrons. The average molecular weight is 353 g/mol. The van der Waals surface area contributed by atoms with Crippen molar-refractivity contribution in [1.82, 2.24) is 9.62 Å². The van der Waals surface area contributed by atoms with Crippen LogP contribution in [0.5, 0.6) is 0 Å². The molecule has 1 aromatic carbocycles. The number of sulfonamides is 1. The molecule has 0 bridgehead atoms. The van der Waals surface area contributed by atoms with E-state index in [9.17, 15) is 13.2 Å². The lowest BCUT2D eigenvalue weighted by Crippen LogP contribution is -2.30. The van der Waals surface area contributed by atoms with E-state index in [-0.39, 0.29) is 16.8 Å². The predicted octanol–water partition coefficient (Wildman–Crippen LogP) is 3.04. The van der Waals surface area contributed by atoms with Gasteiger partial charge in [-0.2, -0.15) is 4.31 Å². The molecular formula is C18H28N2O3S. The lowest BCUT2D eigenvalue weighted by Gasteiger charge is -2.18. The third-order valence-electron chi connectivity index (χ3n) is 3.76. The van der Waals surface area contributed by atoms with Gasteiger partial charge in [0.05, 0.1) is 4.90 Å². The Morgan fingerprint density at radius 3 is 2.25 bits per heavy atom. The molecule has 6 heteroatoms. The lowest BCUT2D eigenvalue weighted by atomic mass is 10.2. The molecule has 0 aliphatic heterocycles. The molecule has 1 aromatic rings. The smallest absolute Gasteiger partial charge is 0.244 e. The van der Waals surface area contributed by atoms with Gasteiger partial charge in [0.25, 0.3) is 0 Å². The van der Waals surface area contributed by atoms with Gasteiger partial charge in [0.1, 0.15) is 0 Å². The third-order valence-corrected chi connectivity index (χ3v) is 5.82. The number of nitrogens with one attached hydrogen (secondary N) is 1. The maximum atomic E-state index is 12.4. The average Bonchev–Trinajstić information content (AvgIpc) is 2.54. The summed E-state index contributed by atoms with van der Waals surface area (Å²) in [6, 6.07) is 6.70. The van der Waals surface area contributed by atoms with Gasteiger partial charge in [-0.1, -0.05) is 39.3 Å². The van der Waals surface area contributed by atoms with E-state index in [4.69, 9.17) is 0 Å². The van der Waals surface area contributed by atoms with Gasteiger partial charge in [-0.3, -0.25) is 4.79 Å². The van der Waals surface area contributed by atoms with E-state index < -0.39 is 10.0 Å². The Morgan fingerprint density at radius 1 is 1.17 bits per heavy atom. The molecule has 1 N–H and O–H groups in total. The van der Waals surface area contributed by atoms with Gasteiger partial charge in [0.2, 0.25) is 15.9 Å². The highest BCUT2D eigenvalue weighted by molar-refractivity contribution is 7.89. The van der Waals surface area contributed by atoms with Crippen molar-refractivity contribution in [2.45, 2.75) is 51.5 Å². The number of amides is 1. The van der Waals surface area contributed by atoms with Gasteiger partial charge >= 0.3 is 0 Å². The number of nitrogens with zero attached hydrogens (tertiary/aromatic N) is 1. The fourth-order valence-corrected chi connectivity index (χ4v) is 3.89. The fourth-order valence-electron chi connectivity index (χ4n) is 2.43. The van der Waals surface area contributed by atoms with Crippen molar-refractivity contribution in [2.75, 3.05) is 13.1 Å². The quantitative estimate of drug-likeness (QED) is 0.695. The van der Waals surface area contributed by atoms with Crippen LogP contribution in [-0.4, -0.2) is 37.8 Å². The topological polar surface area (TPSA) is 66.5 Å². The Balaban J connectivity index is 2.78. The summed E-state index contributed by atoms with van der Waals surface area (Å²) in [5, 5.41) is 2.89. The van der Waals surface area contributed by atoms with Crippen LogP contribution < -0.4 is 5.32 Å². The Kier molecular flexibility index (Phi) is 8.15. The van der Waals surface area contributed by atoms with Crippen LogP contribution in [0, 0.1) is 0 Å². The Hall–Kier alpha value is -1.66. The van der Waals surface area contributed by atoms with E-state index in [0.29, 0.717) is 13.1 Å². The number of hydrogen-bond donors (Lipinski definition) is 1. The summed E-state index contributed by atoms with van der Waals surface area (Å²) in [7, 11) is -3.44. The molecule has 0 aliphatic carbocycles. The zero-order chi connectivity index (χ0) is 18.2. The predicted molar refractivity (Wildman–Crippen MR) is 98.1 cm³/mol. The van der Waals surface area contributed by atoms with Crippen LogP contribution in [0.25, 0.3) is 6.08 Å². The second-order valence-electron chi connectivity index (χ2n) is 5.69. The maximum Gasteiger partial charge on any atom is 0.244 e. The molecule has 0 fully saturated rings. The molecule has 0 aromatic heterocycles. The molecule has 0 radical (unpaired) electrons. The standard InChI is InChI=1S/C18H28N2O3S/c1-5-8-15(4)19-18(21)14-11-16-9-12-17(13-10-16)24(22,23)20(6-2)7-3/h9-15H,5-8H2,1-4H3,(H,19,21)/b14-11+/t15-/m0/s1. The van der Waals surface area contributed by atoms with Crippen molar-refractivity contribution in [3.8, 4) is 0 Å². The Bertz CT molecular complexity index is 647. The van der Waals surface area contributed by atoms with E-state index >= 15 is 0 Å². The minimum Gasteiger partial charge on any atom is -0.350 e. The monoisotopic (exact) mass is 352 g/mol. The second-order valence-corrected chi connectivity index (χ2v) is 7.63. The highest BCUT2D eigenvalue weighted by atomic mass is 32.2. The fraction of sp³-hybridized carbons (Fsp3) is 0.500. The summed E-state index contributed by atoms with van der Waals surface area (Å²) in [5.74, 6) is -0.143. The van der Waals surface area contributed by atoms with Crippen molar-refractivity contribution in [3.63, 3.8) is 0 Å². The molecule has 0 unspecified atom stereocenters. The van der Waals surface area contributed by atoms with E-state index in [1.165, 1.54) is 10.4 Å². The van der Waals surface area contributed by atoms with Crippen LogP contribution in [-0.2, 0) is 14.8 Å². The largest absolute Gasteiger partial charge is 0.350 e. The van der Waals surface area contributed by atoms with Gasteiger partial charge in [0, 0.05) is 25.2 Å². The molecule has 0 spiro atoms. The van der Waals surface area contributed by atoms with Crippen molar-refractivity contribution in [1.29, 1.82) is 0 Å².